The van der Waals surface area contributed by atoms with Gasteiger partial charge in [-0.15, -0.1) is 0 Å². The van der Waals surface area contributed by atoms with Crippen LogP contribution in [-0.4, -0.2) is 4.98 Å². The van der Waals surface area contributed by atoms with E-state index in [9.17, 15) is 0 Å². The number of nitrogen functional groups attached to an aromatic ring is 1. The Morgan fingerprint density at radius 1 is 1.39 bits per heavy atom. The topological polar surface area (TPSA) is 74.7 Å². The summed E-state index contributed by atoms with van der Waals surface area (Å²) < 4.78 is 2.10. The Morgan fingerprint density at radius 3 is 2.83 bits per heavy atom. The Hall–Kier alpha value is -1.33. The van der Waals surface area contributed by atoms with Crippen LogP contribution in [0.5, 0.6) is 0 Å². The SMILES string of the molecule is N#Cc1ccnc(Nc2ccc(Br)c(I)c2)c1N. The summed E-state index contributed by atoms with van der Waals surface area (Å²) in [6.07, 6.45) is 1.56. The van der Waals surface area contributed by atoms with Crippen LogP contribution in [-0.2, 0) is 0 Å². The molecule has 1 heterocycles. The van der Waals surface area contributed by atoms with Crippen molar-refractivity contribution in [1.82, 2.24) is 4.98 Å². The van der Waals surface area contributed by atoms with Crippen LogP contribution in [0.25, 0.3) is 0 Å². The van der Waals surface area contributed by atoms with E-state index in [1.54, 1.807) is 12.3 Å². The molecule has 0 aliphatic rings. The van der Waals surface area contributed by atoms with E-state index in [4.69, 9.17) is 11.0 Å². The summed E-state index contributed by atoms with van der Waals surface area (Å²) in [6.45, 7) is 0. The first-order valence-electron chi connectivity index (χ1n) is 4.98. The van der Waals surface area contributed by atoms with Gasteiger partial charge in [0.1, 0.15) is 6.07 Å². The lowest BCUT2D eigenvalue weighted by Gasteiger charge is -2.09. The average Bonchev–Trinajstić information content (AvgIpc) is 2.36. The minimum atomic E-state index is 0.359. The highest BCUT2D eigenvalue weighted by molar-refractivity contribution is 14.1. The number of aromatic nitrogens is 1. The van der Waals surface area contributed by atoms with Gasteiger partial charge in [-0.05, 0) is 62.8 Å². The van der Waals surface area contributed by atoms with Crippen LogP contribution in [0.2, 0.25) is 0 Å². The third-order valence-corrected chi connectivity index (χ3v) is 4.62. The molecule has 4 nitrogen and oxygen atoms in total. The van der Waals surface area contributed by atoms with Gasteiger partial charge >= 0.3 is 0 Å². The molecular weight excluding hydrogens is 407 g/mol. The van der Waals surface area contributed by atoms with Crippen molar-refractivity contribution >= 4 is 55.7 Å². The molecule has 0 unspecified atom stereocenters. The number of anilines is 3. The number of hydrogen-bond acceptors (Lipinski definition) is 4. The Balaban J connectivity index is 2.35. The fraction of sp³-hybridized carbons (Fsp3) is 0. The van der Waals surface area contributed by atoms with Crippen molar-refractivity contribution in [3.63, 3.8) is 0 Å². The summed E-state index contributed by atoms with van der Waals surface area (Å²) in [7, 11) is 0. The van der Waals surface area contributed by atoms with Crippen LogP contribution in [0, 0.1) is 14.9 Å². The third kappa shape index (κ3) is 2.73. The van der Waals surface area contributed by atoms with Gasteiger partial charge in [0.25, 0.3) is 0 Å². The first-order chi connectivity index (χ1) is 8.61. The number of nitrogens with one attached hydrogen (secondary N) is 1. The molecule has 0 fully saturated rings. The van der Waals surface area contributed by atoms with Crippen LogP contribution in [0.4, 0.5) is 17.2 Å². The number of hydrogen-bond donors (Lipinski definition) is 2. The van der Waals surface area contributed by atoms with Crippen molar-refractivity contribution in [2.24, 2.45) is 0 Å². The van der Waals surface area contributed by atoms with Gasteiger partial charge in [-0.1, -0.05) is 0 Å². The minimum Gasteiger partial charge on any atom is -0.395 e. The molecule has 0 aliphatic carbocycles. The summed E-state index contributed by atoms with van der Waals surface area (Å²) in [6, 6.07) is 9.43. The van der Waals surface area contributed by atoms with Gasteiger partial charge in [0, 0.05) is 19.9 Å². The van der Waals surface area contributed by atoms with Crippen molar-refractivity contribution in [3.8, 4) is 6.07 Å². The standard InChI is InChI=1S/C12H8BrIN4/c13-9-2-1-8(5-10(9)14)18-12-11(16)7(6-15)3-4-17-12/h1-5H,16H2,(H,17,18). The zero-order chi connectivity index (χ0) is 13.1. The molecule has 0 radical (unpaired) electrons. The predicted molar refractivity (Wildman–Crippen MR) is 83.5 cm³/mol. The number of nitrogens with zero attached hydrogens (tertiary/aromatic N) is 2. The molecule has 0 atom stereocenters. The van der Waals surface area contributed by atoms with Gasteiger partial charge in [0.05, 0.1) is 11.3 Å². The van der Waals surface area contributed by atoms with Gasteiger partial charge in [0.15, 0.2) is 5.82 Å². The van der Waals surface area contributed by atoms with Crippen molar-refractivity contribution in [1.29, 1.82) is 5.26 Å². The molecule has 18 heavy (non-hydrogen) atoms. The molecule has 90 valence electrons. The maximum Gasteiger partial charge on any atom is 0.154 e. The highest BCUT2D eigenvalue weighted by Crippen LogP contribution is 2.27. The minimum absolute atomic E-state index is 0.359. The highest BCUT2D eigenvalue weighted by atomic mass is 127. The zero-order valence-electron chi connectivity index (χ0n) is 9.11. The molecule has 1 aromatic heterocycles. The van der Waals surface area contributed by atoms with Crippen LogP contribution < -0.4 is 11.1 Å². The molecule has 0 saturated heterocycles. The molecular formula is C12H8BrIN4. The Morgan fingerprint density at radius 2 is 2.17 bits per heavy atom. The van der Waals surface area contributed by atoms with E-state index in [0.29, 0.717) is 17.1 Å². The first-order valence-corrected chi connectivity index (χ1v) is 6.85. The molecule has 6 heteroatoms. The van der Waals surface area contributed by atoms with Gasteiger partial charge in [-0.3, -0.25) is 0 Å². The predicted octanol–water partition coefficient (Wildman–Crippen LogP) is 3.65. The summed E-state index contributed by atoms with van der Waals surface area (Å²) in [5.41, 5.74) is 7.50. The fourth-order valence-corrected chi connectivity index (χ4v) is 2.14. The lowest BCUT2D eigenvalue weighted by molar-refractivity contribution is 1.29. The maximum atomic E-state index is 8.90. The van der Waals surface area contributed by atoms with Crippen LogP contribution in [0.1, 0.15) is 5.56 Å². The normalized spacial score (nSPS) is 9.83. The second kappa shape index (κ2) is 5.54. The largest absolute Gasteiger partial charge is 0.395 e. The van der Waals surface area contributed by atoms with E-state index in [0.717, 1.165) is 13.7 Å². The second-order valence-electron chi connectivity index (χ2n) is 3.49. The molecule has 0 saturated carbocycles. The number of nitriles is 1. The maximum absolute atomic E-state index is 8.90. The quantitative estimate of drug-likeness (QED) is 0.735. The molecule has 0 aliphatic heterocycles. The van der Waals surface area contributed by atoms with Crippen molar-refractivity contribution < 1.29 is 0 Å². The number of halogens is 2. The van der Waals surface area contributed by atoms with Gasteiger partial charge in [-0.2, -0.15) is 5.26 Å². The fourth-order valence-electron chi connectivity index (χ4n) is 1.38. The number of benzene rings is 1. The van der Waals surface area contributed by atoms with Crippen LogP contribution in [0.15, 0.2) is 34.9 Å². The van der Waals surface area contributed by atoms with Crippen molar-refractivity contribution in [2.45, 2.75) is 0 Å². The molecule has 0 bridgehead atoms. The van der Waals surface area contributed by atoms with Gasteiger partial charge < -0.3 is 11.1 Å². The van der Waals surface area contributed by atoms with E-state index in [1.807, 2.05) is 24.3 Å². The molecule has 3 N–H and O–H groups in total. The van der Waals surface area contributed by atoms with Crippen LogP contribution in [0.3, 0.4) is 0 Å². The number of rotatable bonds is 2. The summed E-state index contributed by atoms with van der Waals surface area (Å²) in [4.78, 5) is 4.13. The molecule has 2 aromatic rings. The van der Waals surface area contributed by atoms with E-state index in [1.165, 1.54) is 0 Å². The van der Waals surface area contributed by atoms with E-state index < -0.39 is 0 Å². The average molecular weight is 415 g/mol. The van der Waals surface area contributed by atoms with E-state index in [2.05, 4.69) is 48.8 Å². The lowest BCUT2D eigenvalue weighted by atomic mass is 10.2. The number of nitrogens with two attached hydrogens (primary N) is 1. The lowest BCUT2D eigenvalue weighted by Crippen LogP contribution is -2.01. The zero-order valence-corrected chi connectivity index (χ0v) is 12.9. The Kier molecular flexibility index (Phi) is 4.04. The Labute approximate surface area is 126 Å². The van der Waals surface area contributed by atoms with Gasteiger partial charge in [0.2, 0.25) is 0 Å². The van der Waals surface area contributed by atoms with E-state index >= 15 is 0 Å². The molecule has 0 amide bonds. The highest BCUT2D eigenvalue weighted by Gasteiger charge is 2.06. The third-order valence-electron chi connectivity index (χ3n) is 2.29. The molecule has 2 rings (SSSR count). The summed E-state index contributed by atoms with van der Waals surface area (Å²) in [5.74, 6) is 0.493. The molecule has 1 aromatic carbocycles. The first kappa shape index (κ1) is 13.1. The summed E-state index contributed by atoms with van der Waals surface area (Å²) >= 11 is 5.66. The van der Waals surface area contributed by atoms with Crippen molar-refractivity contribution in [3.05, 3.63) is 44.1 Å². The van der Waals surface area contributed by atoms with Crippen molar-refractivity contribution in [2.75, 3.05) is 11.1 Å². The monoisotopic (exact) mass is 414 g/mol. The molecule has 0 spiro atoms. The van der Waals surface area contributed by atoms with Crippen LogP contribution >= 0.6 is 38.5 Å². The Bertz CT molecular complexity index is 636. The van der Waals surface area contributed by atoms with E-state index in [-0.39, 0.29) is 0 Å². The smallest absolute Gasteiger partial charge is 0.154 e. The second-order valence-corrected chi connectivity index (χ2v) is 5.50. The summed E-state index contributed by atoms with van der Waals surface area (Å²) in [5, 5.41) is 12.0. The van der Waals surface area contributed by atoms with Gasteiger partial charge in [-0.25, -0.2) is 4.98 Å². The number of pyridine rings is 1.